The van der Waals surface area contributed by atoms with Crippen LogP contribution in [-0.4, -0.2) is 15.8 Å². The van der Waals surface area contributed by atoms with Crippen molar-refractivity contribution in [3.05, 3.63) is 88.7 Å². The molecule has 0 bridgehead atoms. The molecule has 1 N–H and O–H groups in total. The van der Waals surface area contributed by atoms with E-state index in [1.165, 1.54) is 49.4 Å². The fourth-order valence-corrected chi connectivity index (χ4v) is 3.60. The van der Waals surface area contributed by atoms with Crippen molar-refractivity contribution in [2.75, 3.05) is 0 Å². The second-order valence-corrected chi connectivity index (χ2v) is 7.59. The number of ketones is 1. The molecule has 174 valence electrons. The molecule has 3 nitrogen and oxygen atoms in total. The zero-order chi connectivity index (χ0) is 24.7. The van der Waals surface area contributed by atoms with Crippen molar-refractivity contribution in [3.8, 4) is 11.1 Å². The average Bonchev–Trinajstić information content (AvgIpc) is 3.18. The minimum atomic E-state index is -4.69. The maximum absolute atomic E-state index is 13.9. The summed E-state index contributed by atoms with van der Waals surface area (Å²) < 4.78 is 79.7. The molecule has 1 aromatic heterocycles. The third-order valence-corrected chi connectivity index (χ3v) is 5.21. The second-order valence-electron chi connectivity index (χ2n) is 7.59. The van der Waals surface area contributed by atoms with Gasteiger partial charge in [-0.05, 0) is 54.0 Å². The molecular formula is C25H16F6N2O. The Hall–Kier alpha value is -3.88. The summed E-state index contributed by atoms with van der Waals surface area (Å²) in [4.78, 5) is 19.1. The van der Waals surface area contributed by atoms with Gasteiger partial charge in [-0.1, -0.05) is 42.5 Å². The van der Waals surface area contributed by atoms with E-state index in [2.05, 4.69) is 9.97 Å². The van der Waals surface area contributed by atoms with Crippen LogP contribution in [0.25, 0.3) is 34.3 Å². The van der Waals surface area contributed by atoms with Gasteiger partial charge in [-0.2, -0.15) is 26.3 Å². The Kier molecular flexibility index (Phi) is 5.80. The molecule has 0 aliphatic heterocycles. The number of carbonyl (C=O) groups excluding carboxylic acids is 1. The number of Topliss-reactive ketones (excluding diaryl/α,β-unsaturated/α-hetero) is 1. The number of hydrogen-bond acceptors (Lipinski definition) is 2. The summed E-state index contributed by atoms with van der Waals surface area (Å²) in [7, 11) is 0. The number of H-pyrrole nitrogens is 1. The molecule has 9 heteroatoms. The minimum Gasteiger partial charge on any atom is -0.338 e. The summed E-state index contributed by atoms with van der Waals surface area (Å²) in [5, 5.41) is 0. The molecule has 1 heterocycles. The molecule has 0 saturated heterocycles. The average molecular weight is 474 g/mol. The first kappa shape index (κ1) is 23.3. The van der Waals surface area contributed by atoms with Gasteiger partial charge in [0, 0.05) is 5.56 Å². The van der Waals surface area contributed by atoms with E-state index in [0.717, 1.165) is 18.2 Å². The Labute approximate surface area is 189 Å². The molecule has 0 aliphatic carbocycles. The van der Waals surface area contributed by atoms with E-state index in [-0.39, 0.29) is 39.3 Å². The van der Waals surface area contributed by atoms with Crippen LogP contribution in [0.3, 0.4) is 0 Å². The highest BCUT2D eigenvalue weighted by molar-refractivity contribution is 6.02. The largest absolute Gasteiger partial charge is 0.417 e. The van der Waals surface area contributed by atoms with Crippen molar-refractivity contribution in [3.63, 3.8) is 0 Å². The summed E-state index contributed by atoms with van der Waals surface area (Å²) in [5.41, 5.74) is -0.741. The smallest absolute Gasteiger partial charge is 0.338 e. The van der Waals surface area contributed by atoms with Gasteiger partial charge in [-0.15, -0.1) is 0 Å². The van der Waals surface area contributed by atoms with E-state index in [4.69, 9.17) is 0 Å². The molecule has 34 heavy (non-hydrogen) atoms. The number of hydrogen-bond donors (Lipinski definition) is 1. The van der Waals surface area contributed by atoms with Gasteiger partial charge in [-0.25, -0.2) is 4.98 Å². The number of carbonyl (C=O) groups is 1. The van der Waals surface area contributed by atoms with Gasteiger partial charge in [0.1, 0.15) is 5.82 Å². The Balaban J connectivity index is 1.76. The monoisotopic (exact) mass is 474 g/mol. The minimum absolute atomic E-state index is 0.128. The predicted molar refractivity (Wildman–Crippen MR) is 117 cm³/mol. The number of halogens is 6. The van der Waals surface area contributed by atoms with Gasteiger partial charge in [0.15, 0.2) is 5.78 Å². The van der Waals surface area contributed by atoms with Crippen LogP contribution in [0.2, 0.25) is 0 Å². The summed E-state index contributed by atoms with van der Waals surface area (Å²) >= 11 is 0. The zero-order valence-corrected chi connectivity index (χ0v) is 17.6. The SMILES string of the molecule is CC(=O)c1ccccc1-c1cc2nc(/C=C/c3ccc(C(F)(F)F)cc3)[nH]c2cc1C(F)(F)F. The van der Waals surface area contributed by atoms with Gasteiger partial charge in [0.2, 0.25) is 0 Å². The Morgan fingerprint density at radius 3 is 2.15 bits per heavy atom. The molecule has 3 aromatic carbocycles. The highest BCUT2D eigenvalue weighted by Gasteiger charge is 2.35. The highest BCUT2D eigenvalue weighted by Crippen LogP contribution is 2.40. The first-order valence-corrected chi connectivity index (χ1v) is 10.00. The highest BCUT2D eigenvalue weighted by atomic mass is 19.4. The van der Waals surface area contributed by atoms with Gasteiger partial charge >= 0.3 is 12.4 Å². The van der Waals surface area contributed by atoms with E-state index >= 15 is 0 Å². The lowest BCUT2D eigenvalue weighted by Crippen LogP contribution is -2.08. The number of imidazole rings is 1. The van der Waals surface area contributed by atoms with Crippen molar-refractivity contribution in [1.29, 1.82) is 0 Å². The Bertz CT molecular complexity index is 1400. The molecule has 0 unspecified atom stereocenters. The van der Waals surface area contributed by atoms with Crippen molar-refractivity contribution in [2.45, 2.75) is 19.3 Å². The number of aromatic amines is 1. The van der Waals surface area contributed by atoms with Gasteiger partial charge in [0.25, 0.3) is 0 Å². The van der Waals surface area contributed by atoms with Gasteiger partial charge < -0.3 is 4.98 Å². The molecule has 4 aromatic rings. The first-order valence-electron chi connectivity index (χ1n) is 10.00. The van der Waals surface area contributed by atoms with Crippen LogP contribution in [0.5, 0.6) is 0 Å². The summed E-state index contributed by atoms with van der Waals surface area (Å²) in [5.74, 6) is -0.147. The molecular weight excluding hydrogens is 458 g/mol. The van der Waals surface area contributed by atoms with E-state index in [1.54, 1.807) is 12.1 Å². The van der Waals surface area contributed by atoms with E-state index in [1.807, 2.05) is 0 Å². The first-order chi connectivity index (χ1) is 15.9. The quantitative estimate of drug-likeness (QED) is 0.244. The van der Waals surface area contributed by atoms with Crippen LogP contribution < -0.4 is 0 Å². The molecule has 0 aliphatic rings. The number of nitrogens with one attached hydrogen (secondary N) is 1. The zero-order valence-electron chi connectivity index (χ0n) is 17.6. The fraction of sp³-hybridized carbons (Fsp3) is 0.120. The van der Waals surface area contributed by atoms with Crippen LogP contribution in [0.15, 0.2) is 60.7 Å². The number of benzene rings is 3. The third-order valence-electron chi connectivity index (χ3n) is 5.21. The number of fused-ring (bicyclic) bond motifs is 1. The molecule has 0 radical (unpaired) electrons. The van der Waals surface area contributed by atoms with Crippen LogP contribution in [-0.2, 0) is 12.4 Å². The normalized spacial score (nSPS) is 12.6. The number of rotatable bonds is 4. The maximum Gasteiger partial charge on any atom is 0.417 e. The molecule has 0 saturated carbocycles. The lowest BCUT2D eigenvalue weighted by molar-refractivity contribution is -0.138. The van der Waals surface area contributed by atoms with Gasteiger partial charge in [-0.3, -0.25) is 4.79 Å². The number of nitrogens with zero attached hydrogens (tertiary/aromatic N) is 1. The van der Waals surface area contributed by atoms with Crippen molar-refractivity contribution in [1.82, 2.24) is 9.97 Å². The summed E-state index contributed by atoms with van der Waals surface area (Å²) in [6, 6.07) is 12.7. The standard InChI is InChI=1S/C25H16F6N2O/c1-14(34)17-4-2-3-5-18(17)19-12-21-22(13-20(19)25(29,30)31)33-23(32-21)11-8-15-6-9-16(10-7-15)24(26,27)28/h2-13H,1H3,(H,32,33)/b11-8+. The number of aromatic nitrogens is 2. The Morgan fingerprint density at radius 2 is 1.53 bits per heavy atom. The van der Waals surface area contributed by atoms with Crippen LogP contribution >= 0.6 is 0 Å². The topological polar surface area (TPSA) is 45.8 Å². The maximum atomic E-state index is 13.9. The lowest BCUT2D eigenvalue weighted by Gasteiger charge is -2.15. The van der Waals surface area contributed by atoms with Crippen LogP contribution in [0, 0.1) is 0 Å². The third kappa shape index (κ3) is 4.73. The van der Waals surface area contributed by atoms with Crippen molar-refractivity contribution >= 4 is 29.0 Å². The van der Waals surface area contributed by atoms with E-state index in [0.29, 0.717) is 5.56 Å². The van der Waals surface area contributed by atoms with Gasteiger partial charge in [0.05, 0.1) is 22.2 Å². The Morgan fingerprint density at radius 1 is 0.853 bits per heavy atom. The summed E-state index contributed by atoms with van der Waals surface area (Å²) in [6.07, 6.45) is -6.18. The van der Waals surface area contributed by atoms with E-state index in [9.17, 15) is 31.1 Å². The summed E-state index contributed by atoms with van der Waals surface area (Å²) in [6.45, 7) is 1.28. The molecule has 0 atom stereocenters. The van der Waals surface area contributed by atoms with Crippen molar-refractivity contribution < 1.29 is 31.1 Å². The lowest BCUT2D eigenvalue weighted by atomic mass is 9.93. The second kappa shape index (κ2) is 8.48. The fourth-order valence-electron chi connectivity index (χ4n) is 3.60. The van der Waals surface area contributed by atoms with E-state index < -0.39 is 23.5 Å². The number of alkyl halides is 6. The molecule has 4 rings (SSSR count). The predicted octanol–water partition coefficient (Wildman–Crippen LogP) is 7.64. The van der Waals surface area contributed by atoms with Crippen molar-refractivity contribution in [2.24, 2.45) is 0 Å². The molecule has 0 fully saturated rings. The van der Waals surface area contributed by atoms with Crippen LogP contribution in [0.4, 0.5) is 26.3 Å². The molecule has 0 amide bonds. The molecule has 0 spiro atoms. The van der Waals surface area contributed by atoms with Crippen LogP contribution in [0.1, 0.15) is 39.8 Å².